The number of amides is 4. The number of rotatable bonds is 10. The quantitative estimate of drug-likeness (QED) is 0.101. The van der Waals surface area contributed by atoms with Crippen molar-refractivity contribution in [2.75, 3.05) is 32.9 Å². The van der Waals surface area contributed by atoms with Crippen molar-refractivity contribution in [3.63, 3.8) is 0 Å². The molecule has 0 bridgehead atoms. The first-order valence-electron chi connectivity index (χ1n) is 21.6. The highest BCUT2D eigenvalue weighted by Gasteiger charge is 2.49. The van der Waals surface area contributed by atoms with E-state index in [-0.39, 0.29) is 41.8 Å². The molecule has 0 radical (unpaired) electrons. The molecule has 4 unspecified atom stereocenters. The molecule has 2 aromatic heterocycles. The number of carboxylic acid groups (broad SMARTS) is 2. The third kappa shape index (κ3) is 9.19. The molecule has 0 saturated carbocycles. The minimum absolute atomic E-state index is 0.0579. The Morgan fingerprint density at radius 3 is 1.85 bits per heavy atom. The molecule has 6 atom stereocenters. The fraction of sp³-hybridized carbons (Fsp3) is 0.478. The topological polar surface area (TPSA) is 215 Å². The summed E-state index contributed by atoms with van der Waals surface area (Å²) >= 11 is 0. The van der Waals surface area contributed by atoms with Gasteiger partial charge < -0.3 is 50.1 Å². The van der Waals surface area contributed by atoms with Crippen LogP contribution in [0, 0.1) is 23.7 Å². The van der Waals surface area contributed by atoms with Gasteiger partial charge in [-0.25, -0.2) is 19.6 Å². The molecule has 0 aliphatic carbocycles. The van der Waals surface area contributed by atoms with Crippen molar-refractivity contribution in [3.8, 4) is 34.4 Å². The maximum Gasteiger partial charge on any atom is 0.405 e. The number of carbonyl (C=O) groups is 4. The fourth-order valence-electron chi connectivity index (χ4n) is 9.64. The second-order valence-electron chi connectivity index (χ2n) is 17.0. The molecule has 16 heteroatoms. The highest BCUT2D eigenvalue weighted by molar-refractivity contribution is 5.90. The SMILES string of the molecule is C[C@H]1CC([C@](C)(NC(=O)O)C(=O)N2CCCC2c2ncc(-c3ccc(C#Cc4ccc(-c5cnc(C6CCCN6C(=O)C(NC(=O)O)C6CCOCC6)[nH]5)cc4)cc3)[nH]2)CCO1. The Kier molecular flexibility index (Phi) is 12.6. The van der Waals surface area contributed by atoms with E-state index in [0.717, 1.165) is 59.3 Å². The van der Waals surface area contributed by atoms with Gasteiger partial charge in [-0.05, 0) is 112 Å². The monoisotopic (exact) mass is 846 g/mol. The zero-order valence-corrected chi connectivity index (χ0v) is 35.1. The number of benzene rings is 2. The normalized spacial score (nSPS) is 23.2. The van der Waals surface area contributed by atoms with Crippen LogP contribution in [0.2, 0.25) is 0 Å². The standard InChI is InChI=1S/C46H54N8O8/c1-28-25-34(19-24-62-28)46(2,52-45(59)60)43(56)54-21-4-6-38(54)41-48-27-36(50-41)32-15-11-30(12-16-32)8-7-29-9-13-31(14-10-29)35-26-47-40(49-35)37-5-3-20-53(37)42(55)39(51-44(57)58)33-17-22-61-23-18-33/h9-16,26-28,33-34,37-39,51-52H,3-6,17-25H2,1-2H3,(H,47,49)(H,48,50)(H,57,58)(H,59,60)/t28-,34?,37?,38?,39?,46-/m0/s1. The van der Waals surface area contributed by atoms with E-state index in [1.807, 2.05) is 55.5 Å². The Labute approximate surface area is 360 Å². The van der Waals surface area contributed by atoms with Gasteiger partial charge in [0.05, 0.1) is 42.0 Å². The number of nitrogens with one attached hydrogen (secondary N) is 4. The molecule has 6 N–H and O–H groups in total. The van der Waals surface area contributed by atoms with Crippen molar-refractivity contribution in [3.05, 3.63) is 83.7 Å². The summed E-state index contributed by atoms with van der Waals surface area (Å²) in [6, 6.07) is 14.3. The van der Waals surface area contributed by atoms with Gasteiger partial charge in [0.2, 0.25) is 11.8 Å². The van der Waals surface area contributed by atoms with Crippen molar-refractivity contribution in [1.82, 2.24) is 40.4 Å². The zero-order chi connectivity index (χ0) is 43.4. The number of aromatic nitrogens is 4. The summed E-state index contributed by atoms with van der Waals surface area (Å²) in [5, 5.41) is 24.3. The average Bonchev–Trinajstić information content (AvgIpc) is 4.12. The molecule has 0 spiro atoms. The van der Waals surface area contributed by atoms with E-state index in [0.29, 0.717) is 70.2 Å². The number of imidazole rings is 2. The molecule has 4 saturated heterocycles. The van der Waals surface area contributed by atoms with Gasteiger partial charge in [-0.1, -0.05) is 36.1 Å². The van der Waals surface area contributed by atoms with E-state index in [9.17, 15) is 29.4 Å². The Morgan fingerprint density at radius 1 is 0.774 bits per heavy atom. The molecular formula is C46H54N8O8. The fourth-order valence-corrected chi connectivity index (χ4v) is 9.64. The number of hydrogen-bond acceptors (Lipinski definition) is 8. The van der Waals surface area contributed by atoms with Gasteiger partial charge >= 0.3 is 12.2 Å². The Hall–Kier alpha value is -6.18. The summed E-state index contributed by atoms with van der Waals surface area (Å²) in [5.41, 5.74) is 3.85. The van der Waals surface area contributed by atoms with E-state index >= 15 is 0 Å². The number of aromatic amines is 2. The largest absolute Gasteiger partial charge is 0.465 e. The Balaban J connectivity index is 0.896. The predicted octanol–water partition coefficient (Wildman–Crippen LogP) is 6.10. The Bertz CT molecular complexity index is 2310. The van der Waals surface area contributed by atoms with Gasteiger partial charge in [-0.15, -0.1) is 0 Å². The lowest BCUT2D eigenvalue weighted by Crippen LogP contribution is -2.62. The van der Waals surface area contributed by atoms with Crippen molar-refractivity contribution in [1.29, 1.82) is 0 Å². The van der Waals surface area contributed by atoms with E-state index in [1.165, 1.54) is 0 Å². The maximum atomic E-state index is 14.2. The van der Waals surface area contributed by atoms with E-state index in [4.69, 9.17) is 9.47 Å². The summed E-state index contributed by atoms with van der Waals surface area (Å²) < 4.78 is 11.2. The van der Waals surface area contributed by atoms with Gasteiger partial charge in [-0.3, -0.25) is 9.59 Å². The second kappa shape index (κ2) is 18.4. The molecule has 8 rings (SSSR count). The molecule has 6 heterocycles. The van der Waals surface area contributed by atoms with Crippen molar-refractivity contribution >= 4 is 24.0 Å². The van der Waals surface area contributed by atoms with Crippen LogP contribution in [0.5, 0.6) is 0 Å². The van der Waals surface area contributed by atoms with Crippen LogP contribution in [0.3, 0.4) is 0 Å². The van der Waals surface area contributed by atoms with Crippen LogP contribution >= 0.6 is 0 Å². The van der Waals surface area contributed by atoms with Crippen LogP contribution in [-0.4, -0.2) is 115 Å². The van der Waals surface area contributed by atoms with E-state index in [2.05, 4.69) is 42.4 Å². The third-order valence-corrected chi connectivity index (χ3v) is 13.0. The summed E-state index contributed by atoms with van der Waals surface area (Å²) in [4.78, 5) is 71.2. The highest BCUT2D eigenvalue weighted by Crippen LogP contribution is 2.38. The molecule has 4 aromatic rings. The van der Waals surface area contributed by atoms with Gasteiger partial charge in [0, 0.05) is 44.0 Å². The lowest BCUT2D eigenvalue weighted by Gasteiger charge is -2.43. The minimum Gasteiger partial charge on any atom is -0.465 e. The minimum atomic E-state index is -1.28. The number of nitrogens with zero attached hydrogens (tertiary/aromatic N) is 4. The zero-order valence-electron chi connectivity index (χ0n) is 35.1. The number of carbonyl (C=O) groups excluding carboxylic acids is 2. The molecule has 4 aliphatic heterocycles. The van der Waals surface area contributed by atoms with Crippen molar-refractivity contribution in [2.45, 2.75) is 95.0 Å². The summed E-state index contributed by atoms with van der Waals surface area (Å²) in [7, 11) is 0. The first kappa shape index (κ1) is 42.5. The molecule has 4 aliphatic rings. The van der Waals surface area contributed by atoms with Crippen LogP contribution in [-0.2, 0) is 19.1 Å². The molecule has 4 fully saturated rings. The van der Waals surface area contributed by atoms with E-state index in [1.54, 1.807) is 29.1 Å². The van der Waals surface area contributed by atoms with Gasteiger partial charge in [0.25, 0.3) is 0 Å². The first-order valence-corrected chi connectivity index (χ1v) is 21.6. The predicted molar refractivity (Wildman–Crippen MR) is 228 cm³/mol. The van der Waals surface area contributed by atoms with E-state index < -0.39 is 23.8 Å². The number of ether oxygens (including phenoxy) is 2. The molecule has 4 amide bonds. The lowest BCUT2D eigenvalue weighted by atomic mass is 9.77. The first-order chi connectivity index (χ1) is 30.0. The molecular weight excluding hydrogens is 793 g/mol. The molecule has 326 valence electrons. The van der Waals surface area contributed by atoms with Gasteiger partial charge in [0.1, 0.15) is 23.2 Å². The number of likely N-dealkylation sites (tertiary alicyclic amines) is 2. The van der Waals surface area contributed by atoms with Gasteiger partial charge in [0.15, 0.2) is 0 Å². The molecule has 62 heavy (non-hydrogen) atoms. The van der Waals surface area contributed by atoms with Crippen LogP contribution in [0.15, 0.2) is 60.9 Å². The highest BCUT2D eigenvalue weighted by atomic mass is 16.5. The average molecular weight is 847 g/mol. The number of H-pyrrole nitrogens is 2. The maximum absolute atomic E-state index is 14.2. The van der Waals surface area contributed by atoms with Crippen LogP contribution in [0.4, 0.5) is 9.59 Å². The summed E-state index contributed by atoms with van der Waals surface area (Å²) in [5.74, 6) is 7.08. The molecule has 16 nitrogen and oxygen atoms in total. The third-order valence-electron chi connectivity index (χ3n) is 13.0. The van der Waals surface area contributed by atoms with Crippen LogP contribution in [0.1, 0.15) is 100 Å². The molecule has 2 aromatic carbocycles. The second-order valence-corrected chi connectivity index (χ2v) is 17.0. The van der Waals surface area contributed by atoms with Crippen LogP contribution in [0.25, 0.3) is 22.5 Å². The lowest BCUT2D eigenvalue weighted by molar-refractivity contribution is -0.143. The smallest absolute Gasteiger partial charge is 0.405 e. The Morgan fingerprint density at radius 2 is 1.32 bits per heavy atom. The van der Waals surface area contributed by atoms with Crippen molar-refractivity contribution < 1.29 is 38.9 Å². The van der Waals surface area contributed by atoms with Crippen LogP contribution < -0.4 is 10.6 Å². The van der Waals surface area contributed by atoms with Crippen molar-refractivity contribution in [2.24, 2.45) is 11.8 Å². The van der Waals surface area contributed by atoms with Gasteiger partial charge in [-0.2, -0.15) is 0 Å². The number of hydrogen-bond donors (Lipinski definition) is 6. The summed E-state index contributed by atoms with van der Waals surface area (Å²) in [6.45, 7) is 6.22. The summed E-state index contributed by atoms with van der Waals surface area (Å²) in [6.07, 6.45) is 6.53.